The smallest absolute Gasteiger partial charge is 0.307 e. The van der Waals surface area contributed by atoms with E-state index < -0.39 is 0 Å². The van der Waals surface area contributed by atoms with Gasteiger partial charge in [-0.15, -0.1) is 0 Å². The second-order valence-corrected chi connectivity index (χ2v) is 7.03. The molecule has 2 fully saturated rings. The molecule has 0 amide bonds. The van der Waals surface area contributed by atoms with Crippen LogP contribution in [0.1, 0.15) is 46.5 Å². The first-order valence-corrected chi connectivity index (χ1v) is 8.59. The summed E-state index contributed by atoms with van der Waals surface area (Å²) in [7, 11) is 2.18. The van der Waals surface area contributed by atoms with Crippen LogP contribution in [0.25, 0.3) is 0 Å². The molecule has 0 radical (unpaired) electrons. The van der Waals surface area contributed by atoms with Crippen LogP contribution in [0.2, 0.25) is 0 Å². The predicted octanol–water partition coefficient (Wildman–Crippen LogP) is 2.38. The van der Waals surface area contributed by atoms with Crippen LogP contribution in [-0.2, 0) is 9.53 Å². The Morgan fingerprint density at radius 2 is 1.90 bits per heavy atom. The highest BCUT2D eigenvalue weighted by Crippen LogP contribution is 2.44. The van der Waals surface area contributed by atoms with Crippen LogP contribution in [-0.4, -0.2) is 61.1 Å². The van der Waals surface area contributed by atoms with E-state index in [1.165, 1.54) is 12.8 Å². The molecule has 1 heterocycles. The minimum atomic E-state index is -0.0163. The molecule has 0 spiro atoms. The third-order valence-corrected chi connectivity index (χ3v) is 5.86. The van der Waals surface area contributed by atoms with Crippen LogP contribution in [0.3, 0.4) is 0 Å². The Labute approximate surface area is 129 Å². The van der Waals surface area contributed by atoms with Crippen molar-refractivity contribution in [1.29, 1.82) is 0 Å². The zero-order chi connectivity index (χ0) is 15.5. The maximum absolute atomic E-state index is 12.2. The van der Waals surface area contributed by atoms with Crippen LogP contribution in [0.4, 0.5) is 0 Å². The fourth-order valence-corrected chi connectivity index (χ4v) is 4.26. The van der Waals surface area contributed by atoms with Crippen LogP contribution < -0.4 is 0 Å². The number of hydrogen-bond acceptors (Lipinski definition) is 4. The highest BCUT2D eigenvalue weighted by atomic mass is 16.5. The van der Waals surface area contributed by atoms with E-state index in [9.17, 15) is 4.79 Å². The molecule has 0 bridgehead atoms. The lowest BCUT2D eigenvalue weighted by atomic mass is 9.65. The lowest BCUT2D eigenvalue weighted by Crippen LogP contribution is -2.62. The molecular formula is C17H32N2O2. The van der Waals surface area contributed by atoms with Gasteiger partial charge in [-0.3, -0.25) is 9.69 Å². The average molecular weight is 296 g/mol. The number of nitrogens with zero attached hydrogens (tertiary/aromatic N) is 2. The summed E-state index contributed by atoms with van der Waals surface area (Å²) in [4.78, 5) is 17.2. The molecule has 1 saturated carbocycles. The Kier molecular flexibility index (Phi) is 5.67. The zero-order valence-electron chi connectivity index (χ0n) is 14.2. The van der Waals surface area contributed by atoms with Crippen molar-refractivity contribution in [3.8, 4) is 0 Å². The summed E-state index contributed by atoms with van der Waals surface area (Å²) < 4.78 is 5.29. The first kappa shape index (κ1) is 16.8. The minimum Gasteiger partial charge on any atom is -0.466 e. The summed E-state index contributed by atoms with van der Waals surface area (Å²) in [5.41, 5.74) is 0.0190. The van der Waals surface area contributed by atoms with Gasteiger partial charge in [-0.2, -0.15) is 0 Å². The SMILES string of the molecule is CCOC(=O)CC1(N2CCN(C)CC2)CCCC(C)C1C. The topological polar surface area (TPSA) is 32.8 Å². The van der Waals surface area contributed by atoms with Crippen molar-refractivity contribution in [2.45, 2.75) is 52.0 Å². The molecule has 0 aromatic heterocycles. The first-order chi connectivity index (χ1) is 9.99. The predicted molar refractivity (Wildman–Crippen MR) is 85.2 cm³/mol. The zero-order valence-corrected chi connectivity index (χ0v) is 14.2. The number of hydrogen-bond donors (Lipinski definition) is 0. The maximum atomic E-state index is 12.2. The Balaban J connectivity index is 2.18. The van der Waals surface area contributed by atoms with Gasteiger partial charge in [-0.05, 0) is 32.2 Å². The summed E-state index contributed by atoms with van der Waals surface area (Å²) in [6.45, 7) is 11.4. The lowest BCUT2D eigenvalue weighted by Gasteiger charge is -2.54. The third-order valence-electron chi connectivity index (χ3n) is 5.86. The molecule has 2 rings (SSSR count). The third kappa shape index (κ3) is 3.59. The van der Waals surface area contributed by atoms with E-state index >= 15 is 0 Å². The van der Waals surface area contributed by atoms with Gasteiger partial charge in [-0.25, -0.2) is 0 Å². The van der Waals surface area contributed by atoms with Crippen LogP contribution in [0.15, 0.2) is 0 Å². The number of carbonyl (C=O) groups is 1. The second-order valence-electron chi connectivity index (χ2n) is 7.03. The second kappa shape index (κ2) is 7.10. The van der Waals surface area contributed by atoms with Gasteiger partial charge >= 0.3 is 5.97 Å². The molecule has 1 saturated heterocycles. The fourth-order valence-electron chi connectivity index (χ4n) is 4.26. The molecule has 0 N–H and O–H groups in total. The molecule has 3 atom stereocenters. The summed E-state index contributed by atoms with van der Waals surface area (Å²) in [6, 6.07) is 0. The van der Waals surface area contributed by atoms with Crippen molar-refractivity contribution < 1.29 is 9.53 Å². The van der Waals surface area contributed by atoms with Gasteiger partial charge in [0.25, 0.3) is 0 Å². The van der Waals surface area contributed by atoms with Crippen LogP contribution in [0.5, 0.6) is 0 Å². The standard InChI is InChI=1S/C17H32N2O2/c1-5-21-16(20)13-17(8-6-7-14(2)15(17)3)19-11-9-18(4)10-12-19/h14-15H,5-13H2,1-4H3. The van der Waals surface area contributed by atoms with Gasteiger partial charge in [0, 0.05) is 31.7 Å². The number of carbonyl (C=O) groups excluding carboxylic acids is 1. The summed E-state index contributed by atoms with van der Waals surface area (Å²) in [5, 5.41) is 0. The van der Waals surface area contributed by atoms with E-state index in [2.05, 4.69) is 30.7 Å². The highest BCUT2D eigenvalue weighted by molar-refractivity contribution is 5.71. The van der Waals surface area contributed by atoms with E-state index in [-0.39, 0.29) is 11.5 Å². The molecule has 21 heavy (non-hydrogen) atoms. The Bertz CT molecular complexity index is 353. The first-order valence-electron chi connectivity index (χ1n) is 8.59. The Hall–Kier alpha value is -0.610. The molecular weight excluding hydrogens is 264 g/mol. The monoisotopic (exact) mass is 296 g/mol. The molecule has 1 aliphatic carbocycles. The number of piperazine rings is 1. The van der Waals surface area contributed by atoms with Crippen molar-refractivity contribution in [1.82, 2.24) is 9.80 Å². The van der Waals surface area contributed by atoms with Gasteiger partial charge in [-0.1, -0.05) is 26.7 Å². The quantitative estimate of drug-likeness (QED) is 0.746. The van der Waals surface area contributed by atoms with Crippen molar-refractivity contribution in [2.75, 3.05) is 39.8 Å². The highest BCUT2D eigenvalue weighted by Gasteiger charge is 2.47. The van der Waals surface area contributed by atoms with Crippen molar-refractivity contribution in [3.63, 3.8) is 0 Å². The van der Waals surface area contributed by atoms with E-state index in [1.807, 2.05) is 6.92 Å². The summed E-state index contributed by atoms with van der Waals surface area (Å²) >= 11 is 0. The Morgan fingerprint density at radius 1 is 1.24 bits per heavy atom. The van der Waals surface area contributed by atoms with Gasteiger partial charge in [0.15, 0.2) is 0 Å². The molecule has 4 nitrogen and oxygen atoms in total. The van der Waals surface area contributed by atoms with Gasteiger partial charge < -0.3 is 9.64 Å². The molecule has 2 aliphatic rings. The van der Waals surface area contributed by atoms with Crippen molar-refractivity contribution in [3.05, 3.63) is 0 Å². The number of ether oxygens (including phenoxy) is 1. The molecule has 3 unspecified atom stereocenters. The fraction of sp³-hybridized carbons (Fsp3) is 0.941. The molecule has 0 aromatic rings. The van der Waals surface area contributed by atoms with Gasteiger partial charge in [0.05, 0.1) is 13.0 Å². The van der Waals surface area contributed by atoms with Crippen molar-refractivity contribution >= 4 is 5.97 Å². The largest absolute Gasteiger partial charge is 0.466 e. The number of rotatable bonds is 4. The lowest BCUT2D eigenvalue weighted by molar-refractivity contribution is -0.150. The minimum absolute atomic E-state index is 0.0163. The van der Waals surface area contributed by atoms with E-state index in [4.69, 9.17) is 4.74 Å². The van der Waals surface area contributed by atoms with Crippen LogP contribution >= 0.6 is 0 Å². The van der Waals surface area contributed by atoms with Gasteiger partial charge in [0.2, 0.25) is 0 Å². The normalized spacial score (nSPS) is 35.6. The van der Waals surface area contributed by atoms with Gasteiger partial charge in [0.1, 0.15) is 0 Å². The summed E-state index contributed by atoms with van der Waals surface area (Å²) in [6.07, 6.45) is 4.23. The van der Waals surface area contributed by atoms with Crippen LogP contribution in [0, 0.1) is 11.8 Å². The summed E-state index contributed by atoms with van der Waals surface area (Å²) in [5.74, 6) is 1.23. The van der Waals surface area contributed by atoms with Crippen molar-refractivity contribution in [2.24, 2.45) is 11.8 Å². The van der Waals surface area contributed by atoms with E-state index in [1.54, 1.807) is 0 Å². The molecule has 1 aliphatic heterocycles. The average Bonchev–Trinajstić information content (AvgIpc) is 2.45. The maximum Gasteiger partial charge on any atom is 0.307 e. The van der Waals surface area contributed by atoms with E-state index in [0.717, 1.165) is 32.6 Å². The molecule has 0 aromatic carbocycles. The number of esters is 1. The van der Waals surface area contributed by atoms with E-state index in [0.29, 0.717) is 24.9 Å². The molecule has 4 heteroatoms. The molecule has 122 valence electrons. The number of likely N-dealkylation sites (N-methyl/N-ethyl adjacent to an activating group) is 1. The Morgan fingerprint density at radius 3 is 2.52 bits per heavy atom.